The fourth-order valence-corrected chi connectivity index (χ4v) is 2.50. The molecular formula is C19H25N3O. The van der Waals surface area contributed by atoms with Crippen LogP contribution in [0.2, 0.25) is 0 Å². The predicted molar refractivity (Wildman–Crippen MR) is 93.8 cm³/mol. The third kappa shape index (κ3) is 5.51. The van der Waals surface area contributed by atoms with Gasteiger partial charge in [-0.25, -0.2) is 0 Å². The highest BCUT2D eigenvalue weighted by molar-refractivity contribution is 5.81. The number of carbonyl (C=O) groups excluding carboxylic acids is 1. The van der Waals surface area contributed by atoms with E-state index in [0.29, 0.717) is 13.0 Å². The summed E-state index contributed by atoms with van der Waals surface area (Å²) in [6.07, 6.45) is 0.548. The monoisotopic (exact) mass is 311 g/mol. The quantitative estimate of drug-likeness (QED) is 0.821. The van der Waals surface area contributed by atoms with Crippen LogP contribution in [0.15, 0.2) is 54.6 Å². The van der Waals surface area contributed by atoms with Crippen molar-refractivity contribution in [1.82, 2.24) is 10.2 Å². The molecule has 4 heteroatoms. The van der Waals surface area contributed by atoms with Crippen molar-refractivity contribution in [3.8, 4) is 0 Å². The van der Waals surface area contributed by atoms with Gasteiger partial charge in [-0.15, -0.1) is 0 Å². The normalized spacial score (nSPS) is 12.2. The van der Waals surface area contributed by atoms with Gasteiger partial charge in [0.2, 0.25) is 5.91 Å². The van der Waals surface area contributed by atoms with E-state index in [4.69, 9.17) is 5.73 Å². The molecule has 0 aromatic heterocycles. The predicted octanol–water partition coefficient (Wildman–Crippen LogP) is 1.93. The molecule has 1 amide bonds. The number of rotatable bonds is 7. The topological polar surface area (TPSA) is 58.4 Å². The summed E-state index contributed by atoms with van der Waals surface area (Å²) in [5, 5.41) is 2.95. The van der Waals surface area contributed by atoms with Crippen LogP contribution in [0.5, 0.6) is 0 Å². The Hall–Kier alpha value is -2.17. The van der Waals surface area contributed by atoms with Crippen molar-refractivity contribution in [3.63, 3.8) is 0 Å². The molecule has 0 unspecified atom stereocenters. The number of carbonyl (C=O) groups is 1. The van der Waals surface area contributed by atoms with Crippen molar-refractivity contribution in [2.24, 2.45) is 5.73 Å². The summed E-state index contributed by atoms with van der Waals surface area (Å²) in [4.78, 5) is 14.3. The third-order valence-corrected chi connectivity index (χ3v) is 3.69. The van der Waals surface area contributed by atoms with Crippen LogP contribution in [0, 0.1) is 0 Å². The molecule has 0 saturated carbocycles. The Kier molecular flexibility index (Phi) is 6.32. The first-order chi connectivity index (χ1) is 11.1. The zero-order valence-electron chi connectivity index (χ0n) is 13.8. The average Bonchev–Trinajstić information content (AvgIpc) is 2.54. The Morgan fingerprint density at radius 1 is 1.04 bits per heavy atom. The summed E-state index contributed by atoms with van der Waals surface area (Å²) in [6, 6.07) is 17.5. The maximum Gasteiger partial charge on any atom is 0.237 e. The number of nitrogens with zero attached hydrogens (tertiary/aromatic N) is 1. The molecule has 23 heavy (non-hydrogen) atoms. The van der Waals surface area contributed by atoms with Gasteiger partial charge in [0.25, 0.3) is 0 Å². The molecule has 122 valence electrons. The summed E-state index contributed by atoms with van der Waals surface area (Å²) in [5.74, 6) is -0.117. The molecule has 3 N–H and O–H groups in total. The molecule has 1 atom stereocenters. The highest BCUT2D eigenvalue weighted by Gasteiger charge is 2.14. The molecule has 2 aromatic rings. The van der Waals surface area contributed by atoms with Crippen LogP contribution in [0.25, 0.3) is 0 Å². The minimum absolute atomic E-state index is 0.117. The molecule has 0 heterocycles. The molecular weight excluding hydrogens is 286 g/mol. The first-order valence-electron chi connectivity index (χ1n) is 7.85. The van der Waals surface area contributed by atoms with Crippen molar-refractivity contribution in [2.45, 2.75) is 25.6 Å². The van der Waals surface area contributed by atoms with E-state index in [1.807, 2.05) is 62.6 Å². The molecule has 2 aromatic carbocycles. The highest BCUT2D eigenvalue weighted by atomic mass is 16.2. The average molecular weight is 311 g/mol. The minimum Gasteiger partial charge on any atom is -0.351 e. The summed E-state index contributed by atoms with van der Waals surface area (Å²) in [7, 11) is 4.07. The van der Waals surface area contributed by atoms with Gasteiger partial charge in [-0.05, 0) is 37.2 Å². The zero-order valence-corrected chi connectivity index (χ0v) is 13.8. The lowest BCUT2D eigenvalue weighted by Crippen LogP contribution is -2.41. The van der Waals surface area contributed by atoms with Gasteiger partial charge >= 0.3 is 0 Å². The fourth-order valence-electron chi connectivity index (χ4n) is 2.50. The van der Waals surface area contributed by atoms with Crippen LogP contribution >= 0.6 is 0 Å². The van der Waals surface area contributed by atoms with E-state index < -0.39 is 6.04 Å². The van der Waals surface area contributed by atoms with Gasteiger partial charge in [0, 0.05) is 13.1 Å². The highest BCUT2D eigenvalue weighted by Crippen LogP contribution is 2.10. The van der Waals surface area contributed by atoms with Gasteiger partial charge in [-0.3, -0.25) is 4.79 Å². The first-order valence-corrected chi connectivity index (χ1v) is 7.85. The van der Waals surface area contributed by atoms with Gasteiger partial charge in [0.15, 0.2) is 0 Å². The number of benzene rings is 2. The Morgan fingerprint density at radius 3 is 2.30 bits per heavy atom. The Bertz CT molecular complexity index is 626. The van der Waals surface area contributed by atoms with Crippen LogP contribution in [-0.2, 0) is 24.3 Å². The van der Waals surface area contributed by atoms with Gasteiger partial charge in [0.1, 0.15) is 0 Å². The third-order valence-electron chi connectivity index (χ3n) is 3.69. The number of hydrogen-bond acceptors (Lipinski definition) is 3. The smallest absolute Gasteiger partial charge is 0.237 e. The molecule has 4 nitrogen and oxygen atoms in total. The second-order valence-corrected chi connectivity index (χ2v) is 6.02. The number of hydrogen-bond donors (Lipinski definition) is 2. The summed E-state index contributed by atoms with van der Waals surface area (Å²) in [6.45, 7) is 1.35. The van der Waals surface area contributed by atoms with Crippen molar-refractivity contribution in [1.29, 1.82) is 0 Å². The minimum atomic E-state index is -0.529. The summed E-state index contributed by atoms with van der Waals surface area (Å²) in [5.41, 5.74) is 9.43. The lowest BCUT2D eigenvalue weighted by atomic mass is 10.0. The van der Waals surface area contributed by atoms with Gasteiger partial charge in [-0.2, -0.15) is 0 Å². The molecule has 0 spiro atoms. The molecule has 0 aliphatic carbocycles. The molecule has 0 aliphatic heterocycles. The van der Waals surface area contributed by atoms with E-state index in [1.54, 1.807) is 0 Å². The van der Waals surface area contributed by atoms with Crippen molar-refractivity contribution >= 4 is 5.91 Å². The largest absolute Gasteiger partial charge is 0.351 e. The van der Waals surface area contributed by atoms with Gasteiger partial charge in [0.05, 0.1) is 6.04 Å². The molecule has 0 radical (unpaired) electrons. The second kappa shape index (κ2) is 8.46. The van der Waals surface area contributed by atoms with E-state index >= 15 is 0 Å². The molecule has 2 rings (SSSR count). The number of nitrogens with two attached hydrogens (primary N) is 1. The van der Waals surface area contributed by atoms with Crippen LogP contribution in [-0.4, -0.2) is 30.9 Å². The number of amides is 1. The molecule has 0 saturated heterocycles. The van der Waals surface area contributed by atoms with Gasteiger partial charge < -0.3 is 16.0 Å². The lowest BCUT2D eigenvalue weighted by molar-refractivity contribution is -0.122. The van der Waals surface area contributed by atoms with E-state index in [9.17, 15) is 4.79 Å². The van der Waals surface area contributed by atoms with E-state index in [-0.39, 0.29) is 5.91 Å². The lowest BCUT2D eigenvalue weighted by Gasteiger charge is -2.16. The summed E-state index contributed by atoms with van der Waals surface area (Å²) < 4.78 is 0. The zero-order chi connectivity index (χ0) is 16.7. The maximum absolute atomic E-state index is 12.2. The van der Waals surface area contributed by atoms with Crippen molar-refractivity contribution in [3.05, 3.63) is 71.3 Å². The molecule has 0 aliphatic rings. The Labute approximate surface area is 138 Å². The SMILES string of the molecule is CN(C)Cc1ccccc1CNC(=O)[C@@H](N)Cc1ccccc1. The van der Waals surface area contributed by atoms with Crippen LogP contribution < -0.4 is 11.1 Å². The standard InChI is InChI=1S/C19H25N3O/c1-22(2)14-17-11-7-6-10-16(17)13-21-19(23)18(20)12-15-8-4-3-5-9-15/h3-11,18H,12-14,20H2,1-2H3,(H,21,23)/t18-/m0/s1. The van der Waals surface area contributed by atoms with Crippen molar-refractivity contribution in [2.75, 3.05) is 14.1 Å². The fraction of sp³-hybridized carbons (Fsp3) is 0.316. The van der Waals surface area contributed by atoms with Crippen LogP contribution in [0.3, 0.4) is 0 Å². The first kappa shape index (κ1) is 17.2. The Balaban J connectivity index is 1.91. The molecule has 0 bridgehead atoms. The van der Waals surface area contributed by atoms with Crippen LogP contribution in [0.4, 0.5) is 0 Å². The molecule has 0 fully saturated rings. The van der Waals surface area contributed by atoms with Gasteiger partial charge in [-0.1, -0.05) is 54.6 Å². The van der Waals surface area contributed by atoms with E-state index in [0.717, 1.165) is 17.7 Å². The van der Waals surface area contributed by atoms with E-state index in [1.165, 1.54) is 5.56 Å². The number of nitrogens with one attached hydrogen (secondary N) is 1. The second-order valence-electron chi connectivity index (χ2n) is 6.02. The van der Waals surface area contributed by atoms with Crippen molar-refractivity contribution < 1.29 is 4.79 Å². The maximum atomic E-state index is 12.2. The van der Waals surface area contributed by atoms with Crippen LogP contribution in [0.1, 0.15) is 16.7 Å². The van der Waals surface area contributed by atoms with E-state index in [2.05, 4.69) is 16.3 Å². The Morgan fingerprint density at radius 2 is 1.65 bits per heavy atom. The summed E-state index contributed by atoms with van der Waals surface area (Å²) >= 11 is 0.